The molecule has 0 unspecified atom stereocenters. The summed E-state index contributed by atoms with van der Waals surface area (Å²) in [6.45, 7) is 4.28. The third-order valence-electron chi connectivity index (χ3n) is 5.77. The monoisotopic (exact) mass is 458 g/mol. The molecule has 2 aromatic carbocycles. The van der Waals surface area contributed by atoms with Gasteiger partial charge in [-0.05, 0) is 56.5 Å². The predicted molar refractivity (Wildman–Crippen MR) is 128 cm³/mol. The first-order valence-corrected chi connectivity index (χ1v) is 12.3. The molecule has 0 saturated heterocycles. The molecule has 0 aliphatic heterocycles. The summed E-state index contributed by atoms with van der Waals surface area (Å²) in [7, 11) is 0. The smallest absolute Gasteiger partial charge is 0.242 e. The largest absolute Gasteiger partial charge is 0.352 e. The van der Waals surface area contributed by atoms with Gasteiger partial charge in [0.05, 0.1) is 5.75 Å². The molecule has 0 spiro atoms. The SMILES string of the molecule is Cc1ccc(CN(C(=O)CSc2ccc(Cl)cc2)[C@H](C)C(=O)NC2CCCCC2)cc1. The fourth-order valence-corrected chi connectivity index (χ4v) is 4.71. The number of thioether (sulfide) groups is 1. The van der Waals surface area contributed by atoms with Crippen molar-refractivity contribution < 1.29 is 9.59 Å². The Labute approximate surface area is 194 Å². The molecular weight excluding hydrogens is 428 g/mol. The van der Waals surface area contributed by atoms with Crippen LogP contribution >= 0.6 is 23.4 Å². The Bertz CT molecular complexity index is 864. The lowest BCUT2D eigenvalue weighted by molar-refractivity contribution is -0.139. The number of hydrogen-bond donors (Lipinski definition) is 1. The molecule has 1 aliphatic carbocycles. The average Bonchev–Trinajstić information content (AvgIpc) is 2.78. The van der Waals surface area contributed by atoms with Crippen LogP contribution in [-0.4, -0.2) is 34.6 Å². The third-order valence-corrected chi connectivity index (χ3v) is 7.02. The summed E-state index contributed by atoms with van der Waals surface area (Å²) in [5, 5.41) is 3.85. The Hall–Kier alpha value is -1.98. The highest BCUT2D eigenvalue weighted by molar-refractivity contribution is 8.00. The van der Waals surface area contributed by atoms with Crippen LogP contribution in [0.25, 0.3) is 0 Å². The summed E-state index contributed by atoms with van der Waals surface area (Å²) in [4.78, 5) is 28.9. The maximum atomic E-state index is 13.2. The number of nitrogens with zero attached hydrogens (tertiary/aromatic N) is 1. The highest BCUT2D eigenvalue weighted by Gasteiger charge is 2.28. The van der Waals surface area contributed by atoms with E-state index in [-0.39, 0.29) is 23.6 Å². The molecular formula is C25H31ClN2O2S. The summed E-state index contributed by atoms with van der Waals surface area (Å²) in [5.74, 6) is 0.157. The van der Waals surface area contributed by atoms with Crippen molar-refractivity contribution in [3.63, 3.8) is 0 Å². The van der Waals surface area contributed by atoms with E-state index in [1.807, 2.05) is 62.4 Å². The Morgan fingerprint density at radius 1 is 1.06 bits per heavy atom. The fraction of sp³-hybridized carbons (Fsp3) is 0.440. The molecule has 0 bridgehead atoms. The lowest BCUT2D eigenvalue weighted by atomic mass is 9.95. The van der Waals surface area contributed by atoms with Crippen LogP contribution in [0.15, 0.2) is 53.4 Å². The molecule has 31 heavy (non-hydrogen) atoms. The van der Waals surface area contributed by atoms with Crippen LogP contribution in [0.5, 0.6) is 0 Å². The molecule has 0 heterocycles. The van der Waals surface area contributed by atoms with E-state index in [0.717, 1.165) is 36.1 Å². The number of amides is 2. The Morgan fingerprint density at radius 3 is 2.35 bits per heavy atom. The van der Waals surface area contributed by atoms with E-state index in [2.05, 4.69) is 5.32 Å². The first-order valence-electron chi connectivity index (χ1n) is 11.0. The van der Waals surface area contributed by atoms with Crippen LogP contribution in [0.2, 0.25) is 5.02 Å². The van der Waals surface area contributed by atoms with E-state index in [9.17, 15) is 9.59 Å². The van der Waals surface area contributed by atoms with Gasteiger partial charge in [0.25, 0.3) is 0 Å². The van der Waals surface area contributed by atoms with E-state index in [1.165, 1.54) is 23.7 Å². The normalized spacial score (nSPS) is 15.3. The first-order chi connectivity index (χ1) is 14.9. The summed E-state index contributed by atoms with van der Waals surface area (Å²) in [6.07, 6.45) is 5.60. The molecule has 1 aliphatic rings. The molecule has 3 rings (SSSR count). The average molecular weight is 459 g/mol. The summed E-state index contributed by atoms with van der Waals surface area (Å²) in [6, 6.07) is 15.3. The molecule has 1 atom stereocenters. The van der Waals surface area contributed by atoms with Gasteiger partial charge in [-0.3, -0.25) is 9.59 Å². The van der Waals surface area contributed by atoms with E-state index < -0.39 is 6.04 Å². The van der Waals surface area contributed by atoms with E-state index in [4.69, 9.17) is 11.6 Å². The molecule has 6 heteroatoms. The van der Waals surface area contributed by atoms with Crippen LogP contribution in [0.1, 0.15) is 50.2 Å². The zero-order chi connectivity index (χ0) is 22.2. The lowest BCUT2D eigenvalue weighted by Gasteiger charge is -2.31. The van der Waals surface area contributed by atoms with Gasteiger partial charge in [0.2, 0.25) is 11.8 Å². The van der Waals surface area contributed by atoms with Crippen LogP contribution in [0.4, 0.5) is 0 Å². The summed E-state index contributed by atoms with van der Waals surface area (Å²) < 4.78 is 0. The summed E-state index contributed by atoms with van der Waals surface area (Å²) in [5.41, 5.74) is 2.19. The van der Waals surface area contributed by atoms with Crippen LogP contribution in [0.3, 0.4) is 0 Å². The highest BCUT2D eigenvalue weighted by Crippen LogP contribution is 2.22. The van der Waals surface area contributed by atoms with Gasteiger partial charge in [0.1, 0.15) is 6.04 Å². The second-order valence-electron chi connectivity index (χ2n) is 8.27. The predicted octanol–water partition coefficient (Wildman–Crippen LogP) is 5.61. The zero-order valence-corrected chi connectivity index (χ0v) is 19.8. The van der Waals surface area contributed by atoms with Crippen molar-refractivity contribution in [1.29, 1.82) is 0 Å². The van der Waals surface area contributed by atoms with Crippen molar-refractivity contribution in [2.24, 2.45) is 0 Å². The number of halogens is 1. The van der Waals surface area contributed by atoms with E-state index in [1.54, 1.807) is 4.90 Å². The van der Waals surface area contributed by atoms with Gasteiger partial charge in [-0.1, -0.05) is 60.7 Å². The minimum Gasteiger partial charge on any atom is -0.352 e. The molecule has 4 nitrogen and oxygen atoms in total. The van der Waals surface area contributed by atoms with Gasteiger partial charge >= 0.3 is 0 Å². The minimum absolute atomic E-state index is 0.0492. The van der Waals surface area contributed by atoms with Crippen molar-refractivity contribution in [1.82, 2.24) is 10.2 Å². The van der Waals surface area contributed by atoms with Crippen LogP contribution in [0, 0.1) is 6.92 Å². The van der Waals surface area contributed by atoms with Crippen molar-refractivity contribution in [2.45, 2.75) is 69.5 Å². The summed E-state index contributed by atoms with van der Waals surface area (Å²) >= 11 is 7.42. The number of carbonyl (C=O) groups is 2. The quantitative estimate of drug-likeness (QED) is 0.523. The molecule has 1 saturated carbocycles. The Kier molecular flexibility index (Phi) is 8.85. The van der Waals surface area contributed by atoms with Crippen LogP contribution < -0.4 is 5.32 Å². The highest BCUT2D eigenvalue weighted by atomic mass is 35.5. The first kappa shape index (κ1) is 23.7. The number of aryl methyl sites for hydroxylation is 1. The van der Waals surface area contributed by atoms with Gasteiger partial charge < -0.3 is 10.2 Å². The van der Waals surface area contributed by atoms with Crippen molar-refractivity contribution >= 4 is 35.2 Å². The second-order valence-corrected chi connectivity index (χ2v) is 9.75. The molecule has 0 aromatic heterocycles. The van der Waals surface area contributed by atoms with Crippen molar-refractivity contribution in [3.05, 3.63) is 64.7 Å². The molecule has 1 fully saturated rings. The Morgan fingerprint density at radius 2 is 1.71 bits per heavy atom. The van der Waals surface area contributed by atoms with Gasteiger partial charge in [-0.2, -0.15) is 0 Å². The Balaban J connectivity index is 1.69. The molecule has 0 radical (unpaired) electrons. The topological polar surface area (TPSA) is 49.4 Å². The number of carbonyl (C=O) groups excluding carboxylic acids is 2. The molecule has 2 aromatic rings. The maximum absolute atomic E-state index is 13.2. The fourth-order valence-electron chi connectivity index (χ4n) is 3.80. The zero-order valence-electron chi connectivity index (χ0n) is 18.3. The van der Waals surface area contributed by atoms with Gasteiger partial charge in [-0.25, -0.2) is 0 Å². The lowest BCUT2D eigenvalue weighted by Crippen LogP contribution is -2.50. The van der Waals surface area contributed by atoms with E-state index in [0.29, 0.717) is 11.6 Å². The van der Waals surface area contributed by atoms with E-state index >= 15 is 0 Å². The van der Waals surface area contributed by atoms with Gasteiger partial charge in [-0.15, -0.1) is 11.8 Å². The van der Waals surface area contributed by atoms with Gasteiger partial charge in [0, 0.05) is 22.5 Å². The minimum atomic E-state index is -0.526. The number of benzene rings is 2. The second kappa shape index (κ2) is 11.6. The van der Waals surface area contributed by atoms with Crippen LogP contribution in [-0.2, 0) is 16.1 Å². The molecule has 166 valence electrons. The van der Waals surface area contributed by atoms with Crippen molar-refractivity contribution in [3.8, 4) is 0 Å². The van der Waals surface area contributed by atoms with Gasteiger partial charge in [0.15, 0.2) is 0 Å². The number of rotatable bonds is 8. The molecule has 1 N–H and O–H groups in total. The third kappa shape index (κ3) is 7.29. The maximum Gasteiger partial charge on any atom is 0.242 e. The molecule has 2 amide bonds. The number of nitrogens with one attached hydrogen (secondary N) is 1. The standard InChI is InChI=1S/C25H31ClN2O2S/c1-18-8-10-20(11-9-18)16-28(19(2)25(30)27-22-6-4-3-5-7-22)24(29)17-31-23-14-12-21(26)13-15-23/h8-15,19,22H,3-7,16-17H2,1-2H3,(H,27,30)/t19-/m1/s1. The van der Waals surface area contributed by atoms with Crippen molar-refractivity contribution in [2.75, 3.05) is 5.75 Å². The number of hydrogen-bond acceptors (Lipinski definition) is 3.